The highest BCUT2D eigenvalue weighted by atomic mass is 19.1. The zero-order chi connectivity index (χ0) is 19.8. The second-order valence-electron chi connectivity index (χ2n) is 6.21. The van der Waals surface area contributed by atoms with Crippen molar-refractivity contribution in [2.24, 2.45) is 0 Å². The number of carbonyl (C=O) groups excluding carboxylic acids is 1. The van der Waals surface area contributed by atoms with Crippen molar-refractivity contribution in [2.75, 3.05) is 6.54 Å². The molecule has 1 atom stereocenters. The molecule has 1 aliphatic rings. The molecule has 0 unspecified atom stereocenters. The van der Waals surface area contributed by atoms with E-state index in [1.165, 1.54) is 21.8 Å². The number of rotatable bonds is 3. The molecule has 0 saturated carbocycles. The molecule has 11 heteroatoms. The lowest BCUT2D eigenvalue weighted by atomic mass is 10.0. The van der Waals surface area contributed by atoms with Crippen molar-refractivity contribution < 1.29 is 18.0 Å². The van der Waals surface area contributed by atoms with Gasteiger partial charge in [0.2, 0.25) is 0 Å². The smallest absolute Gasteiger partial charge is 0.257 e. The van der Waals surface area contributed by atoms with E-state index >= 15 is 0 Å². The van der Waals surface area contributed by atoms with E-state index < -0.39 is 36.0 Å². The summed E-state index contributed by atoms with van der Waals surface area (Å²) in [7, 11) is 0. The molecule has 144 valence electrons. The van der Waals surface area contributed by atoms with Crippen molar-refractivity contribution >= 4 is 5.91 Å². The molecule has 0 aliphatic carbocycles. The first-order valence-electron chi connectivity index (χ1n) is 8.44. The Morgan fingerprint density at radius 1 is 1.25 bits per heavy atom. The summed E-state index contributed by atoms with van der Waals surface area (Å²) in [6.07, 6.45) is 3.61. The Bertz CT molecular complexity index is 1040. The predicted octanol–water partition coefficient (Wildman–Crippen LogP) is 1.96. The van der Waals surface area contributed by atoms with Gasteiger partial charge in [-0.15, -0.1) is 5.10 Å². The molecule has 0 fully saturated rings. The standard InChI is InChI=1S/C17H14F3N7O/c1-9-15-13(27(25-24-15)17-22-7-10(19)8-23-17)3-5-26(9)16(28)11-2-4-21-12(6-18)14(11)20/h2,4,7-9H,3,5-6H2,1H3/t9-/m0/s1. The lowest BCUT2D eigenvalue weighted by Gasteiger charge is -2.32. The molecule has 0 radical (unpaired) electrons. The maximum absolute atomic E-state index is 14.3. The van der Waals surface area contributed by atoms with Gasteiger partial charge in [0.1, 0.15) is 18.1 Å². The number of hydrogen-bond acceptors (Lipinski definition) is 6. The van der Waals surface area contributed by atoms with Crippen LogP contribution in [0.25, 0.3) is 5.95 Å². The number of pyridine rings is 1. The second-order valence-corrected chi connectivity index (χ2v) is 6.21. The fourth-order valence-electron chi connectivity index (χ4n) is 3.19. The second kappa shape index (κ2) is 6.98. The molecule has 8 nitrogen and oxygen atoms in total. The third-order valence-electron chi connectivity index (χ3n) is 4.62. The number of fused-ring (bicyclic) bond motifs is 1. The molecule has 0 bridgehead atoms. The summed E-state index contributed by atoms with van der Waals surface area (Å²) in [5, 5.41) is 8.11. The van der Waals surface area contributed by atoms with Gasteiger partial charge in [0.25, 0.3) is 11.9 Å². The molecule has 0 saturated heterocycles. The highest BCUT2D eigenvalue weighted by molar-refractivity contribution is 5.95. The van der Waals surface area contributed by atoms with Crippen LogP contribution in [-0.2, 0) is 13.1 Å². The van der Waals surface area contributed by atoms with Crippen molar-refractivity contribution in [1.29, 1.82) is 0 Å². The maximum Gasteiger partial charge on any atom is 0.257 e. The topological polar surface area (TPSA) is 89.7 Å². The van der Waals surface area contributed by atoms with Gasteiger partial charge < -0.3 is 4.90 Å². The highest BCUT2D eigenvalue weighted by Crippen LogP contribution is 2.30. The van der Waals surface area contributed by atoms with E-state index in [2.05, 4.69) is 25.3 Å². The first-order chi connectivity index (χ1) is 13.5. The van der Waals surface area contributed by atoms with Crippen molar-refractivity contribution in [3.63, 3.8) is 0 Å². The van der Waals surface area contributed by atoms with Crippen LogP contribution in [0.15, 0.2) is 24.7 Å². The minimum absolute atomic E-state index is 0.162. The summed E-state index contributed by atoms with van der Waals surface area (Å²) in [5.41, 5.74) is 0.540. The molecular formula is C17H14F3N7O. The zero-order valence-corrected chi connectivity index (χ0v) is 14.7. The molecule has 3 aromatic heterocycles. The van der Waals surface area contributed by atoms with E-state index in [1.807, 2.05) is 0 Å². The summed E-state index contributed by atoms with van der Waals surface area (Å²) in [5.74, 6) is -1.96. The van der Waals surface area contributed by atoms with Gasteiger partial charge in [-0.1, -0.05) is 5.21 Å². The SMILES string of the molecule is C[C@H]1c2nnn(-c3ncc(F)cn3)c2CCN1C(=O)c1ccnc(CF)c1F. The number of aromatic nitrogens is 6. The number of halogens is 3. The van der Waals surface area contributed by atoms with Gasteiger partial charge >= 0.3 is 0 Å². The fourth-order valence-corrected chi connectivity index (χ4v) is 3.19. The van der Waals surface area contributed by atoms with Gasteiger partial charge in [-0.05, 0) is 13.0 Å². The average Bonchev–Trinajstić information content (AvgIpc) is 3.13. The molecule has 28 heavy (non-hydrogen) atoms. The molecule has 0 spiro atoms. The Labute approximate surface area is 157 Å². The van der Waals surface area contributed by atoms with Crippen LogP contribution in [0.5, 0.6) is 0 Å². The fraction of sp³-hybridized carbons (Fsp3) is 0.294. The maximum atomic E-state index is 14.3. The van der Waals surface area contributed by atoms with E-state index in [9.17, 15) is 18.0 Å². The number of carbonyl (C=O) groups is 1. The minimum atomic E-state index is -1.10. The summed E-state index contributed by atoms with van der Waals surface area (Å²) < 4.78 is 41.6. The van der Waals surface area contributed by atoms with Crippen molar-refractivity contribution in [2.45, 2.75) is 26.1 Å². The van der Waals surface area contributed by atoms with E-state index in [0.717, 1.165) is 12.4 Å². The van der Waals surface area contributed by atoms with Crippen molar-refractivity contribution in [3.05, 3.63) is 58.9 Å². The normalized spacial score (nSPS) is 16.1. The van der Waals surface area contributed by atoms with Crippen LogP contribution < -0.4 is 0 Å². The largest absolute Gasteiger partial charge is 0.330 e. The third-order valence-corrected chi connectivity index (χ3v) is 4.62. The third kappa shape index (κ3) is 2.88. The number of amides is 1. The molecule has 0 aromatic carbocycles. The monoisotopic (exact) mass is 389 g/mol. The van der Waals surface area contributed by atoms with E-state index in [0.29, 0.717) is 17.8 Å². The molecule has 4 rings (SSSR count). The molecule has 4 heterocycles. The quantitative estimate of drug-likeness (QED) is 0.680. The lowest BCUT2D eigenvalue weighted by molar-refractivity contribution is 0.0667. The van der Waals surface area contributed by atoms with Crippen LogP contribution in [0.1, 0.15) is 40.4 Å². The molecule has 3 aromatic rings. The Balaban J connectivity index is 1.65. The van der Waals surface area contributed by atoms with Gasteiger partial charge in [0.05, 0.1) is 29.7 Å². The van der Waals surface area contributed by atoms with Crippen molar-refractivity contribution in [3.8, 4) is 5.95 Å². The number of nitrogens with zero attached hydrogens (tertiary/aromatic N) is 7. The van der Waals surface area contributed by atoms with Crippen LogP contribution in [0.2, 0.25) is 0 Å². The van der Waals surface area contributed by atoms with Crippen LogP contribution in [0, 0.1) is 11.6 Å². The summed E-state index contributed by atoms with van der Waals surface area (Å²) in [6.45, 7) is 0.891. The zero-order valence-electron chi connectivity index (χ0n) is 14.7. The Kier molecular flexibility index (Phi) is 4.49. The minimum Gasteiger partial charge on any atom is -0.330 e. The molecular weight excluding hydrogens is 375 g/mol. The lowest BCUT2D eigenvalue weighted by Crippen LogP contribution is -2.40. The van der Waals surface area contributed by atoms with Crippen LogP contribution >= 0.6 is 0 Å². The first kappa shape index (κ1) is 18.0. The average molecular weight is 389 g/mol. The molecule has 1 aliphatic heterocycles. The van der Waals surface area contributed by atoms with Gasteiger partial charge in [0, 0.05) is 19.2 Å². The van der Waals surface area contributed by atoms with Crippen molar-refractivity contribution in [1.82, 2.24) is 34.8 Å². The Morgan fingerprint density at radius 2 is 2.00 bits per heavy atom. The van der Waals surface area contributed by atoms with Crippen LogP contribution in [0.4, 0.5) is 13.2 Å². The van der Waals surface area contributed by atoms with E-state index in [-0.39, 0.29) is 18.1 Å². The summed E-state index contributed by atoms with van der Waals surface area (Å²) in [6, 6.07) is 0.717. The van der Waals surface area contributed by atoms with Gasteiger partial charge in [-0.3, -0.25) is 9.78 Å². The van der Waals surface area contributed by atoms with E-state index in [4.69, 9.17) is 0 Å². The van der Waals surface area contributed by atoms with Crippen LogP contribution in [0.3, 0.4) is 0 Å². The van der Waals surface area contributed by atoms with Crippen LogP contribution in [-0.4, -0.2) is 47.3 Å². The molecule has 0 N–H and O–H groups in total. The summed E-state index contributed by atoms with van der Waals surface area (Å²) >= 11 is 0. The first-order valence-corrected chi connectivity index (χ1v) is 8.44. The molecule has 1 amide bonds. The number of alkyl halides is 1. The van der Waals surface area contributed by atoms with Gasteiger partial charge in [0.15, 0.2) is 11.6 Å². The highest BCUT2D eigenvalue weighted by Gasteiger charge is 2.34. The summed E-state index contributed by atoms with van der Waals surface area (Å²) in [4.78, 5) is 25.6. The predicted molar refractivity (Wildman–Crippen MR) is 89.1 cm³/mol. The Morgan fingerprint density at radius 3 is 2.71 bits per heavy atom. The van der Waals surface area contributed by atoms with E-state index in [1.54, 1.807) is 6.92 Å². The number of hydrogen-bond donors (Lipinski definition) is 0. The Hall–Kier alpha value is -3.37. The van der Waals surface area contributed by atoms with Gasteiger partial charge in [-0.25, -0.2) is 23.1 Å². The van der Waals surface area contributed by atoms with Gasteiger partial charge in [-0.2, -0.15) is 4.68 Å².